The Bertz CT molecular complexity index is 728. The average Bonchev–Trinajstić information content (AvgIpc) is 2.81. The normalized spacial score (nSPS) is 58.6. The van der Waals surface area contributed by atoms with Gasteiger partial charge >= 0.3 is 0 Å². The number of ketones is 2. The number of rotatable bonds is 1. The number of aliphatic hydroxyl groups excluding tert-OH is 2. The number of fused-ring (bicyclic) bond motifs is 5. The molecule has 4 rings (SSSR count). The van der Waals surface area contributed by atoms with Crippen molar-refractivity contribution in [3.8, 4) is 0 Å². The van der Waals surface area contributed by atoms with E-state index in [1.54, 1.807) is 0 Å². The lowest BCUT2D eigenvalue weighted by Gasteiger charge is -2.63. The maximum absolute atomic E-state index is 13.1. The molecule has 6 N–H and O–H groups in total. The summed E-state index contributed by atoms with van der Waals surface area (Å²) < 4.78 is 0. The largest absolute Gasteiger partial charge is 0.390 e. The van der Waals surface area contributed by atoms with Gasteiger partial charge in [-0.25, -0.2) is 0 Å². The van der Waals surface area contributed by atoms with Crippen molar-refractivity contribution in [1.82, 2.24) is 0 Å². The predicted octanol–water partition coefficient (Wildman–Crippen LogP) is -0.0880. The first kappa shape index (κ1) is 20.4. The number of nitrogens with two attached hydrogens (primary N) is 1. The fourth-order valence-corrected chi connectivity index (χ4v) is 7.81. The Kier molecular flexibility index (Phi) is 4.27. The van der Waals surface area contributed by atoms with Crippen molar-refractivity contribution in [2.75, 3.05) is 0 Å². The van der Waals surface area contributed by atoms with Crippen molar-refractivity contribution >= 4 is 11.6 Å². The molecule has 0 unspecified atom stereocenters. The fraction of sp³-hybridized carbons (Fsp3) is 0.905. The van der Waals surface area contributed by atoms with Crippen molar-refractivity contribution in [2.45, 2.75) is 88.7 Å². The Morgan fingerprint density at radius 3 is 2.29 bits per heavy atom. The first-order valence-corrected chi connectivity index (χ1v) is 10.4. The Hall–Kier alpha value is -0.860. The second kappa shape index (κ2) is 5.85. The Morgan fingerprint density at radius 2 is 1.68 bits per heavy atom. The van der Waals surface area contributed by atoms with Gasteiger partial charge < -0.3 is 26.2 Å². The van der Waals surface area contributed by atoms with E-state index in [4.69, 9.17) is 5.73 Å². The number of aliphatic hydroxyl groups is 4. The molecule has 0 heterocycles. The van der Waals surface area contributed by atoms with Crippen molar-refractivity contribution in [3.05, 3.63) is 0 Å². The molecular weight excluding hydrogens is 362 g/mol. The van der Waals surface area contributed by atoms with Gasteiger partial charge in [-0.2, -0.15) is 0 Å². The molecule has 0 saturated heterocycles. The van der Waals surface area contributed by atoms with Crippen LogP contribution in [-0.2, 0) is 9.59 Å². The van der Waals surface area contributed by atoms with Gasteiger partial charge in [-0.3, -0.25) is 9.59 Å². The van der Waals surface area contributed by atoms with E-state index in [1.165, 1.54) is 6.92 Å². The lowest BCUT2D eigenvalue weighted by molar-refractivity contribution is -0.233. The van der Waals surface area contributed by atoms with Gasteiger partial charge in [0.05, 0.1) is 12.2 Å². The minimum atomic E-state index is -1.65. The van der Waals surface area contributed by atoms with Gasteiger partial charge in [0.25, 0.3) is 0 Å². The molecule has 7 heteroatoms. The van der Waals surface area contributed by atoms with Crippen LogP contribution in [0.5, 0.6) is 0 Å². The van der Waals surface area contributed by atoms with Gasteiger partial charge in [0.15, 0.2) is 11.6 Å². The molecule has 4 fully saturated rings. The third-order valence-electron chi connectivity index (χ3n) is 9.51. The highest BCUT2D eigenvalue weighted by Crippen LogP contribution is 2.68. The van der Waals surface area contributed by atoms with Crippen LogP contribution in [0.3, 0.4) is 0 Å². The zero-order valence-electron chi connectivity index (χ0n) is 16.9. The maximum Gasteiger partial charge on any atom is 0.165 e. The first-order valence-electron chi connectivity index (χ1n) is 10.4. The fourth-order valence-electron chi connectivity index (χ4n) is 7.81. The molecule has 4 aliphatic carbocycles. The van der Waals surface area contributed by atoms with Crippen LogP contribution in [-0.4, -0.2) is 61.4 Å². The summed E-state index contributed by atoms with van der Waals surface area (Å²) in [6, 6.07) is -0.679. The van der Waals surface area contributed by atoms with Crippen LogP contribution in [0, 0.1) is 28.6 Å². The predicted molar refractivity (Wildman–Crippen MR) is 100.0 cm³/mol. The molecule has 158 valence electrons. The number of hydrogen-bond donors (Lipinski definition) is 5. The van der Waals surface area contributed by atoms with Crippen LogP contribution in [0.1, 0.15) is 59.3 Å². The van der Waals surface area contributed by atoms with Crippen LogP contribution in [0.15, 0.2) is 0 Å². The van der Waals surface area contributed by atoms with E-state index in [0.717, 1.165) is 0 Å². The second-order valence-electron chi connectivity index (χ2n) is 10.4. The first-order chi connectivity index (χ1) is 12.8. The summed E-state index contributed by atoms with van der Waals surface area (Å²) in [6.45, 7) is 5.14. The lowest BCUT2D eigenvalue weighted by Crippen LogP contribution is -2.70. The van der Waals surface area contributed by atoms with E-state index >= 15 is 0 Å². The minimum absolute atomic E-state index is 0.0445. The summed E-state index contributed by atoms with van der Waals surface area (Å²) >= 11 is 0. The SMILES string of the molecule is CC(=O)[C@@]1(O)[C@@H](N)C[C@H]2[C@@H]3CC(=O)[C@@]4(O)C[C@H](O)[C@H](O)C[C@]4(C)[C@H]3CC[C@@]21C. The highest BCUT2D eigenvalue weighted by Gasteiger charge is 2.72. The average molecular weight is 395 g/mol. The van der Waals surface area contributed by atoms with E-state index in [-0.39, 0.29) is 48.6 Å². The molecular formula is C21H33NO6. The van der Waals surface area contributed by atoms with Crippen LogP contribution in [0.4, 0.5) is 0 Å². The van der Waals surface area contributed by atoms with E-state index in [1.807, 2.05) is 13.8 Å². The summed E-state index contributed by atoms with van der Waals surface area (Å²) in [5.41, 5.74) is 1.44. The Labute approximate surface area is 165 Å². The smallest absolute Gasteiger partial charge is 0.165 e. The topological polar surface area (TPSA) is 141 Å². The summed E-state index contributed by atoms with van der Waals surface area (Å²) in [5.74, 6) is -0.900. The summed E-state index contributed by atoms with van der Waals surface area (Å²) in [6.07, 6.45) is -0.271. The molecule has 7 nitrogen and oxygen atoms in total. The molecule has 28 heavy (non-hydrogen) atoms. The number of carbonyl (C=O) groups excluding carboxylic acids is 2. The maximum atomic E-state index is 13.1. The van der Waals surface area contributed by atoms with Crippen LogP contribution < -0.4 is 5.73 Å². The summed E-state index contributed by atoms with van der Waals surface area (Å²) in [5, 5.41) is 43.1. The van der Waals surface area contributed by atoms with Gasteiger partial charge in [0, 0.05) is 29.7 Å². The van der Waals surface area contributed by atoms with Crippen LogP contribution >= 0.6 is 0 Å². The van der Waals surface area contributed by atoms with Crippen LogP contribution in [0.25, 0.3) is 0 Å². The summed E-state index contributed by atoms with van der Waals surface area (Å²) in [4.78, 5) is 25.5. The second-order valence-corrected chi connectivity index (χ2v) is 10.4. The zero-order chi connectivity index (χ0) is 20.9. The third kappa shape index (κ3) is 2.12. The van der Waals surface area contributed by atoms with Crippen molar-refractivity contribution in [1.29, 1.82) is 0 Å². The quantitative estimate of drug-likeness (QED) is 0.418. The molecule has 0 bridgehead atoms. The summed E-state index contributed by atoms with van der Waals surface area (Å²) in [7, 11) is 0. The van der Waals surface area contributed by atoms with Gasteiger partial charge in [-0.15, -0.1) is 0 Å². The standard InChI is InChI=1S/C21H33NO6/c1-10(23)21(28)16(22)7-13-11-6-17(26)20(27)9-15(25)14(24)8-19(20,3)12(11)4-5-18(13,21)2/h11-16,24-25,27-28H,4-9,22H2,1-3H3/t11-,12+,13+,14-,15+,16+,18+,19-,20+,21-/m1/s1. The molecule has 0 amide bonds. The van der Waals surface area contributed by atoms with Crippen molar-refractivity contribution in [3.63, 3.8) is 0 Å². The lowest BCUT2D eigenvalue weighted by atomic mass is 9.42. The number of hydrogen-bond acceptors (Lipinski definition) is 7. The molecule has 10 atom stereocenters. The Morgan fingerprint density at radius 1 is 1.07 bits per heavy atom. The van der Waals surface area contributed by atoms with E-state index in [9.17, 15) is 30.0 Å². The molecule has 0 aromatic carbocycles. The van der Waals surface area contributed by atoms with E-state index in [2.05, 4.69) is 0 Å². The number of carbonyl (C=O) groups is 2. The third-order valence-corrected chi connectivity index (χ3v) is 9.51. The highest BCUT2D eigenvalue weighted by molar-refractivity contribution is 5.90. The van der Waals surface area contributed by atoms with Gasteiger partial charge in [0.2, 0.25) is 0 Å². The molecule has 0 aliphatic heterocycles. The molecule has 4 aliphatic rings. The Balaban J connectivity index is 1.77. The van der Waals surface area contributed by atoms with Crippen LogP contribution in [0.2, 0.25) is 0 Å². The molecule has 4 saturated carbocycles. The monoisotopic (exact) mass is 395 g/mol. The molecule has 0 radical (unpaired) electrons. The highest BCUT2D eigenvalue weighted by atomic mass is 16.3. The zero-order valence-corrected chi connectivity index (χ0v) is 16.9. The van der Waals surface area contributed by atoms with Gasteiger partial charge in [-0.1, -0.05) is 13.8 Å². The van der Waals surface area contributed by atoms with E-state index in [0.29, 0.717) is 19.3 Å². The minimum Gasteiger partial charge on any atom is -0.390 e. The number of Topliss-reactive ketones (excluding diaryl/α,β-unsaturated/α-hetero) is 2. The van der Waals surface area contributed by atoms with Gasteiger partial charge in [0.1, 0.15) is 11.2 Å². The molecule has 0 aromatic heterocycles. The molecule has 0 spiro atoms. The van der Waals surface area contributed by atoms with E-state index < -0.39 is 40.3 Å². The molecule has 0 aromatic rings. The van der Waals surface area contributed by atoms with Crippen molar-refractivity contribution in [2.24, 2.45) is 34.3 Å². The van der Waals surface area contributed by atoms with Gasteiger partial charge in [-0.05, 0) is 50.4 Å². The van der Waals surface area contributed by atoms with Crippen molar-refractivity contribution < 1.29 is 30.0 Å².